The third kappa shape index (κ3) is 5.68. The van der Waals surface area contributed by atoms with E-state index in [2.05, 4.69) is 15.6 Å². The second kappa shape index (κ2) is 10.3. The van der Waals surface area contributed by atoms with Crippen LogP contribution in [0.5, 0.6) is 5.75 Å². The lowest BCUT2D eigenvalue weighted by Gasteiger charge is -2.37. The monoisotopic (exact) mass is 454 g/mol. The van der Waals surface area contributed by atoms with E-state index in [-0.39, 0.29) is 49.5 Å². The molecule has 4 rings (SSSR count). The van der Waals surface area contributed by atoms with Crippen molar-refractivity contribution in [2.45, 2.75) is 43.6 Å². The van der Waals surface area contributed by atoms with Crippen LogP contribution in [0, 0.1) is 0 Å². The lowest BCUT2D eigenvalue weighted by atomic mass is 9.84. The van der Waals surface area contributed by atoms with Gasteiger partial charge in [-0.25, -0.2) is 0 Å². The molecule has 0 saturated carbocycles. The summed E-state index contributed by atoms with van der Waals surface area (Å²) in [4.78, 5) is 30.5. The third-order valence-electron chi connectivity index (χ3n) is 5.87. The fourth-order valence-electron chi connectivity index (χ4n) is 4.44. The molecule has 1 aromatic carbocycles. The van der Waals surface area contributed by atoms with Crippen LogP contribution in [-0.2, 0) is 20.9 Å². The van der Waals surface area contributed by atoms with E-state index < -0.39 is 6.10 Å². The second-order valence-electron chi connectivity index (χ2n) is 8.78. The van der Waals surface area contributed by atoms with Gasteiger partial charge in [-0.2, -0.15) is 0 Å². The zero-order chi connectivity index (χ0) is 23.4. The number of amides is 2. The van der Waals surface area contributed by atoms with Crippen molar-refractivity contribution >= 4 is 17.5 Å². The maximum absolute atomic E-state index is 12.5. The average Bonchev–Trinajstić information content (AvgIpc) is 3.15. The highest BCUT2D eigenvalue weighted by Crippen LogP contribution is 2.47. The lowest BCUT2D eigenvalue weighted by Crippen LogP contribution is -2.47. The van der Waals surface area contributed by atoms with Gasteiger partial charge in [-0.15, -0.1) is 0 Å². The molecular weight excluding hydrogens is 424 g/mol. The third-order valence-corrected chi connectivity index (χ3v) is 5.87. The van der Waals surface area contributed by atoms with Crippen LogP contribution in [-0.4, -0.2) is 72.4 Å². The number of ether oxygens (including phenoxy) is 2. The van der Waals surface area contributed by atoms with Crippen molar-refractivity contribution in [1.82, 2.24) is 15.2 Å². The molecule has 4 atom stereocenters. The number of hydrogen-bond donors (Lipinski definition) is 3. The van der Waals surface area contributed by atoms with E-state index in [0.29, 0.717) is 18.7 Å². The maximum atomic E-state index is 12.5. The Kier molecular flexibility index (Phi) is 7.22. The number of fused-ring (bicyclic) bond motifs is 3. The minimum absolute atomic E-state index is 0.0345. The Morgan fingerprint density at radius 2 is 2.09 bits per heavy atom. The van der Waals surface area contributed by atoms with Gasteiger partial charge in [0.1, 0.15) is 18.0 Å². The quantitative estimate of drug-likeness (QED) is 0.551. The molecule has 9 heteroatoms. The molecule has 3 heterocycles. The van der Waals surface area contributed by atoms with Gasteiger partial charge in [0, 0.05) is 36.1 Å². The number of anilines is 1. The van der Waals surface area contributed by atoms with Crippen molar-refractivity contribution in [3.63, 3.8) is 0 Å². The van der Waals surface area contributed by atoms with E-state index in [1.54, 1.807) is 17.3 Å². The van der Waals surface area contributed by atoms with Crippen molar-refractivity contribution in [3.8, 4) is 5.75 Å². The van der Waals surface area contributed by atoms with Crippen LogP contribution < -0.4 is 15.4 Å². The van der Waals surface area contributed by atoms with E-state index in [0.717, 1.165) is 16.9 Å². The highest BCUT2D eigenvalue weighted by Gasteiger charge is 2.46. The highest BCUT2D eigenvalue weighted by molar-refractivity contribution is 5.92. The number of nitrogens with zero attached hydrogens (tertiary/aromatic N) is 2. The minimum Gasteiger partial charge on any atom is -0.487 e. The smallest absolute Gasteiger partial charge is 0.238 e. The van der Waals surface area contributed by atoms with Crippen molar-refractivity contribution in [2.24, 2.45) is 0 Å². The molecule has 176 valence electrons. The number of rotatable bonds is 8. The summed E-state index contributed by atoms with van der Waals surface area (Å²) in [6.07, 6.45) is 2.97. The van der Waals surface area contributed by atoms with Crippen LogP contribution in [0.2, 0.25) is 0 Å². The van der Waals surface area contributed by atoms with Gasteiger partial charge in [0.25, 0.3) is 0 Å². The molecule has 1 saturated heterocycles. The Bertz CT molecular complexity index is 984. The summed E-state index contributed by atoms with van der Waals surface area (Å²) in [5.74, 6) is 0.466. The molecule has 33 heavy (non-hydrogen) atoms. The zero-order valence-corrected chi connectivity index (χ0v) is 18.9. The van der Waals surface area contributed by atoms with E-state index in [1.165, 1.54) is 0 Å². The Hall–Kier alpha value is -3.01. The number of likely N-dealkylation sites (N-methyl/N-ethyl adjacent to an activating group) is 1. The fraction of sp³-hybridized carbons (Fsp3) is 0.458. The molecule has 2 amide bonds. The standard InChI is InChI=1S/C24H30N4O5/c1-28(2)13-23(31)27-16-5-6-20-18(8-16)19-9-17(32-21(14-29)24(19)33-20)10-22(30)26-12-15-4-3-7-25-11-15/h3-8,11,17,19,21,24,29H,9-10,12-14H2,1-2H3,(H,26,30)(H,27,31)/t17-,19+,21+,24-/m0/s1. The van der Waals surface area contributed by atoms with Gasteiger partial charge in [-0.1, -0.05) is 6.07 Å². The molecule has 2 aromatic rings. The van der Waals surface area contributed by atoms with Gasteiger partial charge in [0.15, 0.2) is 0 Å². The molecule has 1 fully saturated rings. The summed E-state index contributed by atoms with van der Waals surface area (Å²) in [7, 11) is 3.68. The van der Waals surface area contributed by atoms with Crippen molar-refractivity contribution < 1.29 is 24.2 Å². The first-order valence-electron chi connectivity index (χ1n) is 11.1. The number of aromatic nitrogens is 1. The Labute approximate surface area is 193 Å². The molecule has 3 N–H and O–H groups in total. The van der Waals surface area contributed by atoms with Crippen LogP contribution in [0.1, 0.15) is 29.9 Å². The zero-order valence-electron chi connectivity index (χ0n) is 18.9. The molecular formula is C24H30N4O5. The van der Waals surface area contributed by atoms with Gasteiger partial charge in [-0.05, 0) is 50.3 Å². The molecule has 2 aliphatic rings. The number of pyridine rings is 1. The number of carbonyl (C=O) groups is 2. The molecule has 0 aliphatic carbocycles. The molecule has 0 spiro atoms. The van der Waals surface area contributed by atoms with Crippen LogP contribution in [0.3, 0.4) is 0 Å². The summed E-state index contributed by atoms with van der Waals surface area (Å²) >= 11 is 0. The molecule has 0 radical (unpaired) electrons. The van der Waals surface area contributed by atoms with Gasteiger partial charge in [0.2, 0.25) is 11.8 Å². The lowest BCUT2D eigenvalue weighted by molar-refractivity contribution is -0.142. The van der Waals surface area contributed by atoms with E-state index in [1.807, 2.05) is 44.4 Å². The summed E-state index contributed by atoms with van der Waals surface area (Å²) in [6.45, 7) is 0.489. The SMILES string of the molecule is CN(C)CC(=O)Nc1ccc2c(c1)[C@H]1C[C@@H](CC(=O)NCc3cccnc3)O[C@H](CO)[C@H]1O2. The molecule has 2 aliphatic heterocycles. The normalized spacial score (nSPS) is 23.4. The number of hydrogen-bond acceptors (Lipinski definition) is 7. The number of aliphatic hydroxyl groups is 1. The first-order chi connectivity index (χ1) is 15.9. The van der Waals surface area contributed by atoms with Crippen LogP contribution in [0.15, 0.2) is 42.7 Å². The fourth-order valence-corrected chi connectivity index (χ4v) is 4.44. The molecule has 1 aromatic heterocycles. The van der Waals surface area contributed by atoms with Crippen molar-refractivity contribution in [3.05, 3.63) is 53.9 Å². The van der Waals surface area contributed by atoms with E-state index in [4.69, 9.17) is 9.47 Å². The molecule has 9 nitrogen and oxygen atoms in total. The minimum atomic E-state index is -0.529. The summed E-state index contributed by atoms with van der Waals surface area (Å²) in [6, 6.07) is 9.29. The topological polar surface area (TPSA) is 113 Å². The number of aliphatic hydroxyl groups excluding tert-OH is 1. The van der Waals surface area contributed by atoms with E-state index in [9.17, 15) is 14.7 Å². The number of nitrogens with one attached hydrogen (secondary N) is 2. The van der Waals surface area contributed by atoms with Gasteiger partial charge in [-0.3, -0.25) is 14.6 Å². The summed E-state index contributed by atoms with van der Waals surface area (Å²) in [5, 5.41) is 15.7. The summed E-state index contributed by atoms with van der Waals surface area (Å²) < 4.78 is 12.1. The Morgan fingerprint density at radius 1 is 1.24 bits per heavy atom. The Balaban J connectivity index is 1.42. The molecule has 0 unspecified atom stereocenters. The van der Waals surface area contributed by atoms with Crippen molar-refractivity contribution in [1.29, 1.82) is 0 Å². The first kappa shape index (κ1) is 23.2. The largest absolute Gasteiger partial charge is 0.487 e. The van der Waals surface area contributed by atoms with Gasteiger partial charge >= 0.3 is 0 Å². The average molecular weight is 455 g/mol. The number of carbonyl (C=O) groups excluding carboxylic acids is 2. The van der Waals surface area contributed by atoms with Gasteiger partial charge < -0.3 is 30.1 Å². The Morgan fingerprint density at radius 3 is 2.82 bits per heavy atom. The van der Waals surface area contributed by atoms with E-state index >= 15 is 0 Å². The predicted octanol–water partition coefficient (Wildman–Crippen LogP) is 1.28. The van der Waals surface area contributed by atoms with Crippen LogP contribution in [0.4, 0.5) is 5.69 Å². The van der Waals surface area contributed by atoms with Crippen LogP contribution >= 0.6 is 0 Å². The maximum Gasteiger partial charge on any atom is 0.238 e. The van der Waals surface area contributed by atoms with Crippen molar-refractivity contribution in [2.75, 3.05) is 32.6 Å². The second-order valence-corrected chi connectivity index (χ2v) is 8.78. The molecule has 0 bridgehead atoms. The predicted molar refractivity (Wildman–Crippen MR) is 122 cm³/mol. The number of benzene rings is 1. The van der Waals surface area contributed by atoms with Gasteiger partial charge in [0.05, 0.1) is 25.7 Å². The highest BCUT2D eigenvalue weighted by atomic mass is 16.6. The summed E-state index contributed by atoms with van der Waals surface area (Å²) in [5.41, 5.74) is 2.58. The first-order valence-corrected chi connectivity index (χ1v) is 11.1. The van der Waals surface area contributed by atoms with Crippen LogP contribution in [0.25, 0.3) is 0 Å².